The van der Waals surface area contributed by atoms with E-state index in [1.54, 1.807) is 0 Å². The first-order valence-corrected chi connectivity index (χ1v) is 5.20. The summed E-state index contributed by atoms with van der Waals surface area (Å²) >= 11 is 0. The van der Waals surface area contributed by atoms with Gasteiger partial charge < -0.3 is 14.8 Å². The van der Waals surface area contributed by atoms with Gasteiger partial charge in [0, 0.05) is 25.7 Å². The van der Waals surface area contributed by atoms with Crippen molar-refractivity contribution >= 4 is 5.91 Å². The molecular weight excluding hydrogens is 182 g/mol. The normalized spacial score (nSPS) is 26.4. The Labute approximate surface area is 85.0 Å². The first-order valence-electron chi connectivity index (χ1n) is 5.20. The van der Waals surface area contributed by atoms with Crippen molar-refractivity contribution in [2.45, 2.75) is 26.4 Å². The second-order valence-corrected chi connectivity index (χ2v) is 3.57. The van der Waals surface area contributed by atoms with Gasteiger partial charge in [0.25, 0.3) is 0 Å². The summed E-state index contributed by atoms with van der Waals surface area (Å²) in [6.45, 7) is 6.18. The number of ether oxygens (including phenoxy) is 2. The molecule has 0 spiro atoms. The second kappa shape index (κ2) is 5.98. The molecule has 0 aliphatic carbocycles. The Kier molecular flexibility index (Phi) is 4.90. The van der Waals surface area contributed by atoms with E-state index in [-0.39, 0.29) is 18.6 Å². The molecule has 1 aliphatic rings. The van der Waals surface area contributed by atoms with Crippen LogP contribution in [-0.4, -0.2) is 38.4 Å². The Morgan fingerprint density at radius 2 is 2.43 bits per heavy atom. The van der Waals surface area contributed by atoms with E-state index < -0.39 is 0 Å². The predicted octanol–water partition coefficient (Wildman–Crippen LogP) is 0.564. The zero-order valence-electron chi connectivity index (χ0n) is 8.91. The molecule has 4 nitrogen and oxygen atoms in total. The van der Waals surface area contributed by atoms with Crippen molar-refractivity contribution in [2.24, 2.45) is 5.92 Å². The predicted molar refractivity (Wildman–Crippen MR) is 53.0 cm³/mol. The van der Waals surface area contributed by atoms with E-state index in [2.05, 4.69) is 5.32 Å². The minimum absolute atomic E-state index is 0.0362. The number of nitrogens with one attached hydrogen (secondary N) is 1. The summed E-state index contributed by atoms with van der Waals surface area (Å²) in [6, 6.07) is 0. The Bertz CT molecular complexity index is 184. The first-order chi connectivity index (χ1) is 6.74. The van der Waals surface area contributed by atoms with Crippen molar-refractivity contribution in [3.8, 4) is 0 Å². The van der Waals surface area contributed by atoms with Crippen molar-refractivity contribution in [2.75, 3.05) is 26.4 Å². The van der Waals surface area contributed by atoms with Gasteiger partial charge in [-0.1, -0.05) is 0 Å². The van der Waals surface area contributed by atoms with Crippen LogP contribution >= 0.6 is 0 Å². The molecule has 1 heterocycles. The molecule has 14 heavy (non-hydrogen) atoms. The number of amides is 1. The van der Waals surface area contributed by atoms with Crippen LogP contribution in [0.4, 0.5) is 0 Å². The van der Waals surface area contributed by atoms with E-state index in [0.29, 0.717) is 19.1 Å². The summed E-state index contributed by atoms with van der Waals surface area (Å²) in [5.74, 6) is 0.423. The lowest BCUT2D eigenvalue weighted by Gasteiger charge is -2.14. The van der Waals surface area contributed by atoms with Crippen LogP contribution in [0.5, 0.6) is 0 Å². The average Bonchev–Trinajstić information content (AvgIpc) is 2.58. The lowest BCUT2D eigenvalue weighted by atomic mass is 10.0. The smallest absolute Gasteiger partial charge is 0.246 e. The summed E-state index contributed by atoms with van der Waals surface area (Å²) in [7, 11) is 0. The summed E-state index contributed by atoms with van der Waals surface area (Å²) in [6.07, 6.45) is 1.30. The molecule has 1 rings (SSSR count). The maximum Gasteiger partial charge on any atom is 0.246 e. The Balaban J connectivity index is 2.10. The van der Waals surface area contributed by atoms with Crippen LogP contribution in [0.3, 0.4) is 0 Å². The Morgan fingerprint density at radius 3 is 3.00 bits per heavy atom. The van der Waals surface area contributed by atoms with E-state index >= 15 is 0 Å². The van der Waals surface area contributed by atoms with Gasteiger partial charge in [-0.3, -0.25) is 4.79 Å². The fraction of sp³-hybridized carbons (Fsp3) is 0.900. The minimum atomic E-state index is -0.0362. The monoisotopic (exact) mass is 201 g/mol. The molecule has 1 N–H and O–H groups in total. The zero-order valence-corrected chi connectivity index (χ0v) is 8.91. The molecule has 1 fully saturated rings. The third-order valence-corrected chi connectivity index (χ3v) is 2.53. The quantitative estimate of drug-likeness (QED) is 0.707. The molecule has 0 bridgehead atoms. The van der Waals surface area contributed by atoms with Crippen LogP contribution in [0.15, 0.2) is 0 Å². The molecule has 1 saturated heterocycles. The van der Waals surface area contributed by atoms with E-state index in [4.69, 9.17) is 9.47 Å². The summed E-state index contributed by atoms with van der Waals surface area (Å²) < 4.78 is 10.4. The molecule has 2 atom stereocenters. The molecule has 82 valence electrons. The van der Waals surface area contributed by atoms with Crippen molar-refractivity contribution in [3.05, 3.63) is 0 Å². The highest BCUT2D eigenvalue weighted by molar-refractivity contribution is 5.77. The highest BCUT2D eigenvalue weighted by Crippen LogP contribution is 2.18. The van der Waals surface area contributed by atoms with Gasteiger partial charge in [0.15, 0.2) is 0 Å². The maximum atomic E-state index is 11.2. The number of carbonyl (C=O) groups is 1. The largest absolute Gasteiger partial charge is 0.378 e. The molecular formula is C10H19NO3. The van der Waals surface area contributed by atoms with Gasteiger partial charge in [-0.05, 0) is 20.3 Å². The van der Waals surface area contributed by atoms with E-state index in [1.165, 1.54) is 0 Å². The van der Waals surface area contributed by atoms with Crippen LogP contribution in [0.2, 0.25) is 0 Å². The third kappa shape index (κ3) is 3.64. The first kappa shape index (κ1) is 11.5. The molecule has 0 aromatic rings. The molecule has 0 aromatic carbocycles. The number of hydrogen-bond donors (Lipinski definition) is 1. The average molecular weight is 201 g/mol. The van der Waals surface area contributed by atoms with Gasteiger partial charge in [-0.2, -0.15) is 0 Å². The van der Waals surface area contributed by atoms with Crippen molar-refractivity contribution in [3.63, 3.8) is 0 Å². The minimum Gasteiger partial charge on any atom is -0.378 e. The third-order valence-electron chi connectivity index (χ3n) is 2.53. The van der Waals surface area contributed by atoms with Crippen LogP contribution in [-0.2, 0) is 14.3 Å². The van der Waals surface area contributed by atoms with Crippen molar-refractivity contribution in [1.29, 1.82) is 0 Å². The Morgan fingerprint density at radius 1 is 1.64 bits per heavy atom. The Hall–Kier alpha value is -0.610. The van der Waals surface area contributed by atoms with Gasteiger partial charge in [-0.15, -0.1) is 0 Å². The van der Waals surface area contributed by atoms with Crippen molar-refractivity contribution < 1.29 is 14.3 Å². The molecule has 0 saturated carbocycles. The van der Waals surface area contributed by atoms with E-state index in [0.717, 1.165) is 13.0 Å². The van der Waals surface area contributed by atoms with Crippen LogP contribution in [0.25, 0.3) is 0 Å². The van der Waals surface area contributed by atoms with E-state index in [1.807, 2.05) is 13.8 Å². The zero-order chi connectivity index (χ0) is 10.4. The fourth-order valence-electron chi connectivity index (χ4n) is 1.53. The van der Waals surface area contributed by atoms with Gasteiger partial charge in [-0.25, -0.2) is 0 Å². The standard InChI is InChI=1S/C10H19NO3/c1-3-13-7-10(12)11-6-9-4-5-14-8(9)2/h8-9H,3-7H2,1-2H3,(H,11,12). The van der Waals surface area contributed by atoms with Crippen LogP contribution in [0.1, 0.15) is 20.3 Å². The molecule has 0 aromatic heterocycles. The van der Waals surface area contributed by atoms with E-state index in [9.17, 15) is 4.79 Å². The number of carbonyl (C=O) groups excluding carboxylic acids is 1. The maximum absolute atomic E-state index is 11.2. The molecule has 2 unspecified atom stereocenters. The van der Waals surface area contributed by atoms with Gasteiger partial charge in [0.1, 0.15) is 6.61 Å². The molecule has 1 aliphatic heterocycles. The topological polar surface area (TPSA) is 47.6 Å². The van der Waals surface area contributed by atoms with Crippen LogP contribution < -0.4 is 5.32 Å². The lowest BCUT2D eigenvalue weighted by Crippen LogP contribution is -2.34. The summed E-state index contributed by atoms with van der Waals surface area (Å²) in [5, 5.41) is 2.85. The van der Waals surface area contributed by atoms with Gasteiger partial charge in [0.2, 0.25) is 5.91 Å². The molecule has 0 radical (unpaired) electrons. The number of rotatable bonds is 5. The molecule has 1 amide bonds. The van der Waals surface area contributed by atoms with Gasteiger partial charge >= 0.3 is 0 Å². The van der Waals surface area contributed by atoms with Crippen LogP contribution in [0, 0.1) is 5.92 Å². The van der Waals surface area contributed by atoms with Gasteiger partial charge in [0.05, 0.1) is 6.10 Å². The molecule has 4 heteroatoms. The SMILES string of the molecule is CCOCC(=O)NCC1CCOC1C. The number of hydrogen-bond acceptors (Lipinski definition) is 3. The second-order valence-electron chi connectivity index (χ2n) is 3.57. The summed E-state index contributed by atoms with van der Waals surface area (Å²) in [5.41, 5.74) is 0. The lowest BCUT2D eigenvalue weighted by molar-refractivity contribution is -0.125. The highest BCUT2D eigenvalue weighted by atomic mass is 16.5. The highest BCUT2D eigenvalue weighted by Gasteiger charge is 2.24. The summed E-state index contributed by atoms with van der Waals surface area (Å²) in [4.78, 5) is 11.2. The van der Waals surface area contributed by atoms with Crippen molar-refractivity contribution in [1.82, 2.24) is 5.32 Å². The fourth-order valence-corrected chi connectivity index (χ4v) is 1.53.